The first-order valence-corrected chi connectivity index (χ1v) is 6.12. The van der Waals surface area contributed by atoms with Gasteiger partial charge in [-0.2, -0.15) is 11.8 Å². The highest BCUT2D eigenvalue weighted by atomic mass is 32.2. The van der Waals surface area contributed by atoms with Gasteiger partial charge in [-0.3, -0.25) is 0 Å². The zero-order chi connectivity index (χ0) is 8.39. The topological polar surface area (TPSA) is 38.9 Å². The van der Waals surface area contributed by atoms with Crippen LogP contribution in [-0.4, -0.2) is 16.0 Å². The summed E-state index contributed by atoms with van der Waals surface area (Å²) in [7, 11) is 0. The van der Waals surface area contributed by atoms with E-state index in [9.17, 15) is 0 Å². The highest BCUT2D eigenvalue weighted by Gasteiger charge is 2.24. The standard InChI is InChI=1S/C8H12N2S2/c9-8(6-4-11-5-10-6)7-2-1-3-12-7/h4-5,7-8H,1-3,9H2. The number of aromatic nitrogens is 1. The summed E-state index contributed by atoms with van der Waals surface area (Å²) in [5.41, 5.74) is 8.99. The number of hydrogen-bond donors (Lipinski definition) is 1. The van der Waals surface area contributed by atoms with Crippen molar-refractivity contribution in [1.29, 1.82) is 0 Å². The van der Waals surface area contributed by atoms with Crippen molar-refractivity contribution in [3.05, 3.63) is 16.6 Å². The van der Waals surface area contributed by atoms with E-state index in [-0.39, 0.29) is 6.04 Å². The average Bonchev–Trinajstić information content (AvgIpc) is 2.77. The highest BCUT2D eigenvalue weighted by Crippen LogP contribution is 2.34. The van der Waals surface area contributed by atoms with Gasteiger partial charge >= 0.3 is 0 Å². The first kappa shape index (κ1) is 8.53. The second-order valence-corrected chi connectivity index (χ2v) is 5.06. The summed E-state index contributed by atoms with van der Waals surface area (Å²) >= 11 is 3.61. The van der Waals surface area contributed by atoms with Gasteiger partial charge in [-0.1, -0.05) is 0 Å². The molecule has 0 radical (unpaired) electrons. The second-order valence-electron chi connectivity index (χ2n) is 2.99. The lowest BCUT2D eigenvalue weighted by Gasteiger charge is -2.15. The lowest BCUT2D eigenvalue weighted by Crippen LogP contribution is -2.21. The fraction of sp³-hybridized carbons (Fsp3) is 0.625. The van der Waals surface area contributed by atoms with Crippen molar-refractivity contribution < 1.29 is 0 Å². The van der Waals surface area contributed by atoms with Gasteiger partial charge in [0.1, 0.15) is 0 Å². The molecule has 0 amide bonds. The van der Waals surface area contributed by atoms with Crippen LogP contribution < -0.4 is 5.73 Å². The van der Waals surface area contributed by atoms with Crippen LogP contribution in [0, 0.1) is 0 Å². The molecule has 0 spiro atoms. The summed E-state index contributed by atoms with van der Waals surface area (Å²) in [5, 5.41) is 2.66. The van der Waals surface area contributed by atoms with Crippen LogP contribution in [0.3, 0.4) is 0 Å². The second kappa shape index (κ2) is 3.77. The number of nitrogens with zero attached hydrogens (tertiary/aromatic N) is 1. The van der Waals surface area contributed by atoms with E-state index in [1.165, 1.54) is 18.6 Å². The minimum atomic E-state index is 0.156. The number of thioether (sulfide) groups is 1. The smallest absolute Gasteiger partial charge is 0.0795 e. The Morgan fingerprint density at radius 1 is 1.67 bits per heavy atom. The van der Waals surface area contributed by atoms with Crippen molar-refractivity contribution in [2.24, 2.45) is 5.73 Å². The number of thiazole rings is 1. The molecule has 1 aromatic heterocycles. The molecule has 0 aromatic carbocycles. The van der Waals surface area contributed by atoms with Gasteiger partial charge in [0.05, 0.1) is 17.2 Å². The number of nitrogens with two attached hydrogens (primary N) is 1. The highest BCUT2D eigenvalue weighted by molar-refractivity contribution is 8.00. The van der Waals surface area contributed by atoms with Crippen molar-refractivity contribution in [3.8, 4) is 0 Å². The van der Waals surface area contributed by atoms with Gasteiger partial charge in [-0.25, -0.2) is 4.98 Å². The van der Waals surface area contributed by atoms with Crippen molar-refractivity contribution >= 4 is 23.1 Å². The number of hydrogen-bond acceptors (Lipinski definition) is 4. The predicted molar refractivity (Wildman–Crippen MR) is 54.5 cm³/mol. The molecule has 1 aromatic rings. The van der Waals surface area contributed by atoms with E-state index >= 15 is 0 Å². The molecule has 2 atom stereocenters. The summed E-state index contributed by atoms with van der Waals surface area (Å²) in [6, 6.07) is 0.156. The zero-order valence-electron chi connectivity index (χ0n) is 6.77. The van der Waals surface area contributed by atoms with Gasteiger partial charge in [0, 0.05) is 10.6 Å². The fourth-order valence-corrected chi connectivity index (χ4v) is 3.38. The van der Waals surface area contributed by atoms with E-state index in [4.69, 9.17) is 5.73 Å². The van der Waals surface area contributed by atoms with Crippen molar-refractivity contribution in [2.75, 3.05) is 5.75 Å². The Kier molecular flexibility index (Phi) is 2.68. The zero-order valence-corrected chi connectivity index (χ0v) is 8.40. The Hall–Kier alpha value is -0.0600. The van der Waals surface area contributed by atoms with Crippen LogP contribution in [0.5, 0.6) is 0 Å². The van der Waals surface area contributed by atoms with E-state index in [1.54, 1.807) is 11.3 Å². The molecule has 1 fully saturated rings. The number of rotatable bonds is 2. The molecule has 2 unspecified atom stereocenters. The van der Waals surface area contributed by atoms with Crippen molar-refractivity contribution in [3.63, 3.8) is 0 Å². The minimum Gasteiger partial charge on any atom is -0.322 e. The van der Waals surface area contributed by atoms with Crippen LogP contribution in [0.4, 0.5) is 0 Å². The third kappa shape index (κ3) is 1.65. The fourth-order valence-electron chi connectivity index (χ4n) is 1.46. The van der Waals surface area contributed by atoms with Crippen LogP contribution in [0.25, 0.3) is 0 Å². The van der Waals surface area contributed by atoms with E-state index in [0.29, 0.717) is 5.25 Å². The van der Waals surface area contributed by atoms with E-state index in [2.05, 4.69) is 10.4 Å². The largest absolute Gasteiger partial charge is 0.322 e. The lowest BCUT2D eigenvalue weighted by atomic mass is 10.1. The molecule has 66 valence electrons. The molecule has 0 aliphatic carbocycles. The molecule has 1 aliphatic rings. The lowest BCUT2D eigenvalue weighted by molar-refractivity contribution is 0.633. The normalized spacial score (nSPS) is 25.9. The molecule has 4 heteroatoms. The van der Waals surface area contributed by atoms with Gasteiger partial charge in [0.15, 0.2) is 0 Å². The Labute approximate surface area is 80.6 Å². The summed E-state index contributed by atoms with van der Waals surface area (Å²) in [6.07, 6.45) is 2.57. The SMILES string of the molecule is NC(c1cscn1)C1CCCS1. The molecule has 0 saturated carbocycles. The molecule has 2 nitrogen and oxygen atoms in total. The molecule has 2 heterocycles. The van der Waals surface area contributed by atoms with Gasteiger partial charge in [-0.15, -0.1) is 11.3 Å². The van der Waals surface area contributed by atoms with Crippen LogP contribution in [0.2, 0.25) is 0 Å². The maximum atomic E-state index is 6.07. The molecule has 2 N–H and O–H groups in total. The van der Waals surface area contributed by atoms with E-state index < -0.39 is 0 Å². The Morgan fingerprint density at radius 2 is 2.58 bits per heavy atom. The van der Waals surface area contributed by atoms with Gasteiger partial charge in [0.2, 0.25) is 0 Å². The maximum Gasteiger partial charge on any atom is 0.0795 e. The predicted octanol–water partition coefficient (Wildman–Crippen LogP) is 2.04. The molecule has 0 bridgehead atoms. The molecular formula is C8H12N2S2. The van der Waals surface area contributed by atoms with Crippen molar-refractivity contribution in [2.45, 2.75) is 24.1 Å². The molecular weight excluding hydrogens is 188 g/mol. The van der Waals surface area contributed by atoms with Crippen LogP contribution in [0.1, 0.15) is 24.6 Å². The summed E-state index contributed by atoms with van der Waals surface area (Å²) < 4.78 is 0. The van der Waals surface area contributed by atoms with Gasteiger partial charge in [-0.05, 0) is 18.6 Å². The maximum absolute atomic E-state index is 6.07. The summed E-state index contributed by atoms with van der Waals surface area (Å²) in [4.78, 5) is 4.24. The third-order valence-corrected chi connectivity index (χ3v) is 4.24. The average molecular weight is 200 g/mol. The monoisotopic (exact) mass is 200 g/mol. The van der Waals surface area contributed by atoms with Crippen LogP contribution in [0.15, 0.2) is 10.9 Å². The van der Waals surface area contributed by atoms with Crippen LogP contribution in [-0.2, 0) is 0 Å². The van der Waals surface area contributed by atoms with E-state index in [0.717, 1.165) is 5.69 Å². The Morgan fingerprint density at radius 3 is 3.17 bits per heavy atom. The quantitative estimate of drug-likeness (QED) is 0.794. The van der Waals surface area contributed by atoms with Gasteiger partial charge in [0.25, 0.3) is 0 Å². The summed E-state index contributed by atoms with van der Waals surface area (Å²) in [6.45, 7) is 0. The van der Waals surface area contributed by atoms with Crippen molar-refractivity contribution in [1.82, 2.24) is 4.98 Å². The molecule has 12 heavy (non-hydrogen) atoms. The first-order chi connectivity index (χ1) is 5.88. The first-order valence-electron chi connectivity index (χ1n) is 4.13. The molecule has 2 rings (SSSR count). The molecule has 1 aliphatic heterocycles. The van der Waals surface area contributed by atoms with Crippen LogP contribution >= 0.6 is 23.1 Å². The minimum absolute atomic E-state index is 0.156. The summed E-state index contributed by atoms with van der Waals surface area (Å²) in [5.74, 6) is 1.27. The Bertz CT molecular complexity index is 229. The van der Waals surface area contributed by atoms with Gasteiger partial charge < -0.3 is 5.73 Å². The van der Waals surface area contributed by atoms with E-state index in [1.807, 2.05) is 17.3 Å². The molecule has 1 saturated heterocycles. The Balaban J connectivity index is 2.04. The third-order valence-electron chi connectivity index (χ3n) is 2.16.